The Labute approximate surface area is 123 Å². The van der Waals surface area contributed by atoms with Gasteiger partial charge in [0.25, 0.3) is 0 Å². The first-order chi connectivity index (χ1) is 9.80. The average molecular weight is 317 g/mol. The minimum atomic E-state index is -3.74. The van der Waals surface area contributed by atoms with Crippen molar-refractivity contribution in [1.82, 2.24) is 4.72 Å². The molecule has 1 atom stereocenters. The standard InChI is InChI=1S/C13H19NO6S/c1-9(4-7-13(15)16)14-21(17,18)10-5-6-11(19-2)12(8-10)20-3/h5-6,8-9,14H,4,7H2,1-3H3,(H,15,16). The molecule has 0 radical (unpaired) electrons. The molecule has 8 heteroatoms. The van der Waals surface area contributed by atoms with Crippen molar-refractivity contribution in [2.24, 2.45) is 0 Å². The predicted octanol–water partition coefficient (Wildman–Crippen LogP) is 1.24. The van der Waals surface area contributed by atoms with E-state index in [1.807, 2.05) is 0 Å². The van der Waals surface area contributed by atoms with Crippen LogP contribution in [0.15, 0.2) is 23.1 Å². The minimum Gasteiger partial charge on any atom is -0.493 e. The van der Waals surface area contributed by atoms with E-state index in [1.165, 1.54) is 32.4 Å². The van der Waals surface area contributed by atoms with Gasteiger partial charge in [0, 0.05) is 18.5 Å². The molecule has 21 heavy (non-hydrogen) atoms. The Morgan fingerprint density at radius 2 is 1.90 bits per heavy atom. The number of rotatable bonds is 8. The highest BCUT2D eigenvalue weighted by Gasteiger charge is 2.19. The first kappa shape index (κ1) is 17.3. The summed E-state index contributed by atoms with van der Waals surface area (Å²) in [4.78, 5) is 10.5. The second-order valence-electron chi connectivity index (χ2n) is 4.47. The summed E-state index contributed by atoms with van der Waals surface area (Å²) < 4.78 is 36.9. The van der Waals surface area contributed by atoms with Crippen molar-refractivity contribution in [3.05, 3.63) is 18.2 Å². The van der Waals surface area contributed by atoms with E-state index in [1.54, 1.807) is 6.92 Å². The number of hydrogen-bond acceptors (Lipinski definition) is 5. The van der Waals surface area contributed by atoms with Crippen molar-refractivity contribution >= 4 is 16.0 Å². The van der Waals surface area contributed by atoms with Crippen molar-refractivity contribution in [1.29, 1.82) is 0 Å². The molecule has 0 saturated carbocycles. The zero-order chi connectivity index (χ0) is 16.0. The number of methoxy groups -OCH3 is 2. The van der Waals surface area contributed by atoms with Gasteiger partial charge in [0.15, 0.2) is 11.5 Å². The number of sulfonamides is 1. The van der Waals surface area contributed by atoms with Gasteiger partial charge >= 0.3 is 5.97 Å². The van der Waals surface area contributed by atoms with Crippen LogP contribution in [-0.4, -0.2) is 39.8 Å². The molecule has 0 aliphatic rings. The van der Waals surface area contributed by atoms with Gasteiger partial charge in [-0.15, -0.1) is 0 Å². The van der Waals surface area contributed by atoms with Gasteiger partial charge < -0.3 is 14.6 Å². The maximum atomic E-state index is 12.2. The molecule has 0 aliphatic carbocycles. The van der Waals surface area contributed by atoms with Gasteiger partial charge in [0.05, 0.1) is 19.1 Å². The molecule has 0 bridgehead atoms. The Bertz CT molecular complexity index is 599. The second kappa shape index (κ2) is 7.28. The third kappa shape index (κ3) is 4.91. The van der Waals surface area contributed by atoms with Crippen LogP contribution < -0.4 is 14.2 Å². The normalized spacial score (nSPS) is 12.7. The van der Waals surface area contributed by atoms with E-state index >= 15 is 0 Å². The van der Waals surface area contributed by atoms with E-state index in [0.717, 1.165) is 0 Å². The largest absolute Gasteiger partial charge is 0.493 e. The van der Waals surface area contributed by atoms with Gasteiger partial charge in [-0.1, -0.05) is 0 Å². The second-order valence-corrected chi connectivity index (χ2v) is 6.19. The Balaban J connectivity index is 2.90. The molecule has 1 aromatic carbocycles. The van der Waals surface area contributed by atoms with E-state index < -0.39 is 22.0 Å². The van der Waals surface area contributed by atoms with Crippen LogP contribution in [-0.2, 0) is 14.8 Å². The van der Waals surface area contributed by atoms with Crippen molar-refractivity contribution in [2.45, 2.75) is 30.7 Å². The van der Waals surface area contributed by atoms with Crippen molar-refractivity contribution in [2.75, 3.05) is 14.2 Å². The molecule has 0 aromatic heterocycles. The Kier molecular flexibility index (Phi) is 5.98. The number of carboxylic acids is 1. The number of hydrogen-bond donors (Lipinski definition) is 2. The molecule has 0 saturated heterocycles. The van der Waals surface area contributed by atoms with Crippen LogP contribution >= 0.6 is 0 Å². The van der Waals surface area contributed by atoms with Crippen LogP contribution in [0.1, 0.15) is 19.8 Å². The molecule has 2 N–H and O–H groups in total. The predicted molar refractivity (Wildman–Crippen MR) is 76.2 cm³/mol. The van der Waals surface area contributed by atoms with Crippen LogP contribution in [0.4, 0.5) is 0 Å². The molecular weight excluding hydrogens is 298 g/mol. The smallest absolute Gasteiger partial charge is 0.303 e. The quantitative estimate of drug-likeness (QED) is 0.748. The lowest BCUT2D eigenvalue weighted by atomic mass is 10.2. The van der Waals surface area contributed by atoms with E-state index in [0.29, 0.717) is 11.5 Å². The Hall–Kier alpha value is -1.80. The first-order valence-electron chi connectivity index (χ1n) is 6.26. The van der Waals surface area contributed by atoms with Gasteiger partial charge in [0.2, 0.25) is 10.0 Å². The highest BCUT2D eigenvalue weighted by molar-refractivity contribution is 7.89. The molecule has 7 nitrogen and oxygen atoms in total. The van der Waals surface area contributed by atoms with Gasteiger partial charge in [-0.2, -0.15) is 0 Å². The van der Waals surface area contributed by atoms with Crippen LogP contribution in [0.5, 0.6) is 11.5 Å². The highest BCUT2D eigenvalue weighted by atomic mass is 32.2. The topological polar surface area (TPSA) is 102 Å². The first-order valence-corrected chi connectivity index (χ1v) is 7.74. The number of carbonyl (C=O) groups is 1. The molecule has 1 rings (SSSR count). The summed E-state index contributed by atoms with van der Waals surface area (Å²) in [6, 6.07) is 3.76. The molecule has 0 heterocycles. The SMILES string of the molecule is COc1ccc(S(=O)(=O)NC(C)CCC(=O)O)cc1OC. The summed E-state index contributed by atoms with van der Waals surface area (Å²) in [5.74, 6) is -0.235. The highest BCUT2D eigenvalue weighted by Crippen LogP contribution is 2.29. The number of ether oxygens (including phenoxy) is 2. The van der Waals surface area contributed by atoms with Crippen LogP contribution in [0.2, 0.25) is 0 Å². The Morgan fingerprint density at radius 1 is 1.29 bits per heavy atom. The summed E-state index contributed by atoms with van der Waals surface area (Å²) in [6.45, 7) is 1.61. The van der Waals surface area contributed by atoms with Crippen LogP contribution in [0, 0.1) is 0 Å². The lowest BCUT2D eigenvalue weighted by Crippen LogP contribution is -2.33. The summed E-state index contributed by atoms with van der Waals surface area (Å²) in [6.07, 6.45) is 0.109. The molecule has 1 unspecified atom stereocenters. The zero-order valence-corrected chi connectivity index (χ0v) is 12.9. The summed E-state index contributed by atoms with van der Waals surface area (Å²) in [7, 11) is -0.873. The van der Waals surface area contributed by atoms with E-state index in [9.17, 15) is 13.2 Å². The van der Waals surface area contributed by atoms with E-state index in [4.69, 9.17) is 14.6 Å². The summed E-state index contributed by atoms with van der Waals surface area (Å²) >= 11 is 0. The van der Waals surface area contributed by atoms with Gasteiger partial charge in [-0.25, -0.2) is 13.1 Å². The molecule has 118 valence electrons. The van der Waals surface area contributed by atoms with Gasteiger partial charge in [-0.05, 0) is 25.5 Å². The molecule has 1 aromatic rings. The zero-order valence-electron chi connectivity index (χ0n) is 12.1. The third-order valence-electron chi connectivity index (χ3n) is 2.81. The third-order valence-corrected chi connectivity index (χ3v) is 4.40. The molecular formula is C13H19NO6S. The van der Waals surface area contributed by atoms with E-state index in [2.05, 4.69) is 4.72 Å². The molecule has 0 amide bonds. The van der Waals surface area contributed by atoms with Crippen molar-refractivity contribution in [3.63, 3.8) is 0 Å². The Morgan fingerprint density at radius 3 is 2.43 bits per heavy atom. The monoisotopic (exact) mass is 317 g/mol. The van der Waals surface area contributed by atoms with Crippen molar-refractivity contribution in [3.8, 4) is 11.5 Å². The van der Waals surface area contributed by atoms with Gasteiger partial charge in [-0.3, -0.25) is 4.79 Å². The number of benzene rings is 1. The fourth-order valence-electron chi connectivity index (χ4n) is 1.72. The van der Waals surface area contributed by atoms with Crippen molar-refractivity contribution < 1.29 is 27.8 Å². The maximum absolute atomic E-state index is 12.2. The van der Waals surface area contributed by atoms with Crippen LogP contribution in [0.25, 0.3) is 0 Å². The number of carboxylic acid groups (broad SMARTS) is 1. The maximum Gasteiger partial charge on any atom is 0.303 e. The fraction of sp³-hybridized carbons (Fsp3) is 0.462. The van der Waals surface area contributed by atoms with Gasteiger partial charge in [0.1, 0.15) is 0 Å². The lowest BCUT2D eigenvalue weighted by molar-refractivity contribution is -0.137. The lowest BCUT2D eigenvalue weighted by Gasteiger charge is -2.14. The summed E-state index contributed by atoms with van der Waals surface area (Å²) in [5, 5.41) is 8.60. The average Bonchev–Trinajstić information content (AvgIpc) is 2.43. The summed E-state index contributed by atoms with van der Waals surface area (Å²) in [5.41, 5.74) is 0. The minimum absolute atomic E-state index is 0.0299. The van der Waals surface area contributed by atoms with Crippen LogP contribution in [0.3, 0.4) is 0 Å². The molecule has 0 fully saturated rings. The van der Waals surface area contributed by atoms with E-state index in [-0.39, 0.29) is 17.7 Å². The number of aliphatic carboxylic acids is 1. The number of nitrogens with one attached hydrogen (secondary N) is 1. The molecule has 0 aliphatic heterocycles. The molecule has 0 spiro atoms. The fourth-order valence-corrected chi connectivity index (χ4v) is 3.01.